The van der Waals surface area contributed by atoms with Crippen molar-refractivity contribution in [1.82, 2.24) is 9.97 Å². The van der Waals surface area contributed by atoms with Gasteiger partial charge in [-0.25, -0.2) is 18.7 Å². The van der Waals surface area contributed by atoms with E-state index in [0.717, 1.165) is 28.8 Å². The minimum atomic E-state index is -0.879. The summed E-state index contributed by atoms with van der Waals surface area (Å²) in [6, 6.07) is 5.77. The molecule has 0 spiro atoms. The maximum Gasteiger partial charge on any atom is 0.224 e. The summed E-state index contributed by atoms with van der Waals surface area (Å²) in [6.45, 7) is 2.06. The van der Waals surface area contributed by atoms with Crippen molar-refractivity contribution in [3.05, 3.63) is 46.1 Å². The Hall–Kier alpha value is -1.24. The topological polar surface area (TPSA) is 25.8 Å². The Bertz CT molecular complexity index is 820. The Kier molecular flexibility index (Phi) is 4.10. The van der Waals surface area contributed by atoms with Crippen LogP contribution in [0.5, 0.6) is 0 Å². The van der Waals surface area contributed by atoms with E-state index in [-0.39, 0.29) is 5.28 Å². The highest BCUT2D eigenvalue weighted by atomic mass is 35.5. The molecule has 0 radical (unpaired) electrons. The standard InChI is InChI=1S/C14H9ClF2N2S2/c1-2-7-5-9-12(20-7)18-14(15)19-13(9)21-8-3-4-10(16)11(17)6-8/h3-6H,2H2,1H3. The van der Waals surface area contributed by atoms with Crippen LogP contribution >= 0.6 is 34.7 Å². The molecule has 3 rings (SSSR count). The van der Waals surface area contributed by atoms with Crippen molar-refractivity contribution in [2.75, 3.05) is 0 Å². The highest BCUT2D eigenvalue weighted by molar-refractivity contribution is 7.99. The van der Waals surface area contributed by atoms with Crippen molar-refractivity contribution in [2.24, 2.45) is 0 Å². The van der Waals surface area contributed by atoms with Crippen LogP contribution in [0.1, 0.15) is 11.8 Å². The molecule has 0 N–H and O–H groups in total. The molecule has 21 heavy (non-hydrogen) atoms. The molecular weight excluding hydrogens is 334 g/mol. The van der Waals surface area contributed by atoms with Gasteiger partial charge in [-0.2, -0.15) is 0 Å². The molecule has 108 valence electrons. The number of aryl methyl sites for hydroxylation is 1. The van der Waals surface area contributed by atoms with Crippen LogP contribution in [0.4, 0.5) is 8.78 Å². The quantitative estimate of drug-likeness (QED) is 0.475. The molecule has 0 aliphatic heterocycles. The summed E-state index contributed by atoms with van der Waals surface area (Å²) in [5, 5.41) is 1.68. The summed E-state index contributed by atoms with van der Waals surface area (Å²) in [5.74, 6) is -1.75. The van der Waals surface area contributed by atoms with Crippen LogP contribution < -0.4 is 0 Å². The smallest absolute Gasteiger partial charge is 0.210 e. The van der Waals surface area contributed by atoms with Crippen LogP contribution in [0, 0.1) is 11.6 Å². The molecule has 0 saturated heterocycles. The number of nitrogens with zero attached hydrogens (tertiary/aromatic N) is 2. The first-order chi connectivity index (χ1) is 10.1. The van der Waals surface area contributed by atoms with Gasteiger partial charge in [0.25, 0.3) is 0 Å². The van der Waals surface area contributed by atoms with E-state index in [9.17, 15) is 8.78 Å². The third kappa shape index (κ3) is 3.02. The Balaban J connectivity index is 2.06. The van der Waals surface area contributed by atoms with Gasteiger partial charge in [-0.3, -0.25) is 0 Å². The van der Waals surface area contributed by atoms with Gasteiger partial charge >= 0.3 is 0 Å². The second-order valence-corrected chi connectivity index (χ2v) is 6.78. The number of hydrogen-bond acceptors (Lipinski definition) is 4. The minimum absolute atomic E-state index is 0.150. The molecule has 7 heteroatoms. The number of fused-ring (bicyclic) bond motifs is 1. The highest BCUT2D eigenvalue weighted by Crippen LogP contribution is 2.36. The van der Waals surface area contributed by atoms with Crippen LogP contribution in [0.2, 0.25) is 5.28 Å². The van der Waals surface area contributed by atoms with E-state index in [4.69, 9.17) is 11.6 Å². The molecule has 1 aromatic carbocycles. The van der Waals surface area contributed by atoms with Gasteiger partial charge in [0.2, 0.25) is 5.28 Å². The molecule has 2 aromatic heterocycles. The van der Waals surface area contributed by atoms with Crippen molar-refractivity contribution in [3.8, 4) is 0 Å². The van der Waals surface area contributed by atoms with Crippen molar-refractivity contribution < 1.29 is 8.78 Å². The lowest BCUT2D eigenvalue weighted by Gasteiger charge is -2.03. The molecule has 0 fully saturated rings. The lowest BCUT2D eigenvalue weighted by atomic mass is 10.3. The lowest BCUT2D eigenvalue weighted by molar-refractivity contribution is 0.506. The first kappa shape index (κ1) is 14.7. The van der Waals surface area contributed by atoms with Gasteiger partial charge < -0.3 is 0 Å². The molecule has 2 nitrogen and oxygen atoms in total. The molecule has 0 aliphatic carbocycles. The van der Waals surface area contributed by atoms with Gasteiger partial charge in [-0.15, -0.1) is 11.3 Å². The Morgan fingerprint density at radius 2 is 2.00 bits per heavy atom. The summed E-state index contributed by atoms with van der Waals surface area (Å²) in [6.07, 6.45) is 0.897. The van der Waals surface area contributed by atoms with E-state index in [2.05, 4.69) is 16.9 Å². The molecule has 0 atom stereocenters. The van der Waals surface area contributed by atoms with E-state index in [1.54, 1.807) is 11.3 Å². The third-order valence-corrected chi connectivity index (χ3v) is 5.17. The molecule has 0 amide bonds. The zero-order valence-electron chi connectivity index (χ0n) is 10.9. The summed E-state index contributed by atoms with van der Waals surface area (Å²) < 4.78 is 26.3. The molecule has 2 heterocycles. The molecule has 3 aromatic rings. The zero-order valence-corrected chi connectivity index (χ0v) is 13.3. The monoisotopic (exact) mass is 342 g/mol. The number of halogens is 3. The number of aromatic nitrogens is 2. The van der Waals surface area contributed by atoms with E-state index >= 15 is 0 Å². The predicted molar refractivity (Wildman–Crippen MR) is 82.3 cm³/mol. The fraction of sp³-hybridized carbons (Fsp3) is 0.143. The molecule has 0 saturated carbocycles. The van der Waals surface area contributed by atoms with Gasteiger partial charge in [0.05, 0.1) is 0 Å². The largest absolute Gasteiger partial charge is 0.224 e. The molecular formula is C14H9ClF2N2S2. The number of benzene rings is 1. The normalized spacial score (nSPS) is 11.2. The Morgan fingerprint density at radius 3 is 2.71 bits per heavy atom. The van der Waals surface area contributed by atoms with Gasteiger partial charge in [-0.1, -0.05) is 18.7 Å². The van der Waals surface area contributed by atoms with Crippen LogP contribution in [-0.4, -0.2) is 9.97 Å². The summed E-state index contributed by atoms with van der Waals surface area (Å²) in [4.78, 5) is 10.9. The summed E-state index contributed by atoms with van der Waals surface area (Å²) in [7, 11) is 0. The first-order valence-electron chi connectivity index (χ1n) is 6.15. The second-order valence-electron chi connectivity index (χ2n) is 4.26. The van der Waals surface area contributed by atoms with Crippen molar-refractivity contribution in [3.63, 3.8) is 0 Å². The van der Waals surface area contributed by atoms with E-state index in [1.807, 2.05) is 6.07 Å². The molecule has 0 aliphatic rings. The average molecular weight is 343 g/mol. The first-order valence-corrected chi connectivity index (χ1v) is 8.16. The number of rotatable bonds is 3. The molecule has 0 unspecified atom stereocenters. The fourth-order valence-corrected chi connectivity index (χ4v) is 4.04. The van der Waals surface area contributed by atoms with Crippen LogP contribution in [-0.2, 0) is 6.42 Å². The van der Waals surface area contributed by atoms with E-state index < -0.39 is 11.6 Å². The van der Waals surface area contributed by atoms with Crippen molar-refractivity contribution in [2.45, 2.75) is 23.3 Å². The third-order valence-electron chi connectivity index (χ3n) is 2.84. The van der Waals surface area contributed by atoms with E-state index in [0.29, 0.717) is 9.92 Å². The number of thiophene rings is 1. The Labute approximate surface area is 133 Å². The van der Waals surface area contributed by atoms with Gasteiger partial charge in [0, 0.05) is 15.2 Å². The maximum absolute atomic E-state index is 13.3. The van der Waals surface area contributed by atoms with Crippen molar-refractivity contribution in [1.29, 1.82) is 0 Å². The molecule has 0 bridgehead atoms. The second kappa shape index (κ2) is 5.87. The van der Waals surface area contributed by atoms with Crippen LogP contribution in [0.25, 0.3) is 10.2 Å². The van der Waals surface area contributed by atoms with Gasteiger partial charge in [-0.05, 0) is 42.3 Å². The maximum atomic E-state index is 13.3. The zero-order chi connectivity index (χ0) is 15.0. The summed E-state index contributed by atoms with van der Waals surface area (Å²) in [5.41, 5.74) is 0. The summed E-state index contributed by atoms with van der Waals surface area (Å²) >= 11 is 8.74. The average Bonchev–Trinajstić information content (AvgIpc) is 2.86. The van der Waals surface area contributed by atoms with Gasteiger partial charge in [0.1, 0.15) is 9.86 Å². The van der Waals surface area contributed by atoms with Gasteiger partial charge in [0.15, 0.2) is 11.6 Å². The SMILES string of the molecule is CCc1cc2c(Sc3ccc(F)c(F)c3)nc(Cl)nc2s1. The predicted octanol–water partition coefficient (Wildman–Crippen LogP) is 5.34. The fourth-order valence-electron chi connectivity index (χ4n) is 1.82. The minimum Gasteiger partial charge on any atom is -0.210 e. The van der Waals surface area contributed by atoms with Crippen LogP contribution in [0.3, 0.4) is 0 Å². The Morgan fingerprint density at radius 1 is 1.19 bits per heavy atom. The van der Waals surface area contributed by atoms with Crippen molar-refractivity contribution >= 4 is 44.9 Å². The van der Waals surface area contributed by atoms with E-state index in [1.165, 1.54) is 22.7 Å². The van der Waals surface area contributed by atoms with Crippen LogP contribution in [0.15, 0.2) is 34.2 Å². The number of hydrogen-bond donors (Lipinski definition) is 0. The lowest BCUT2D eigenvalue weighted by Crippen LogP contribution is -1.88. The highest BCUT2D eigenvalue weighted by Gasteiger charge is 2.13.